The highest BCUT2D eigenvalue weighted by Gasteiger charge is 2.55. The predicted molar refractivity (Wildman–Crippen MR) is 79.2 cm³/mol. The third-order valence-electron chi connectivity index (χ3n) is 5.04. The number of hydrogen-bond donors (Lipinski definition) is 1. The third kappa shape index (κ3) is 2.29. The molecule has 2 amide bonds. The Morgan fingerprint density at radius 1 is 1.59 bits per heavy atom. The van der Waals surface area contributed by atoms with Crippen LogP contribution in [0, 0.1) is 11.3 Å². The van der Waals surface area contributed by atoms with Gasteiger partial charge in [-0.1, -0.05) is 6.92 Å². The average molecular weight is 306 g/mol. The Hall–Kier alpha value is -1.89. The number of ether oxygens (including phenoxy) is 1. The number of carbonyl (C=O) groups is 2. The fraction of sp³-hybridized carbons (Fsp3) is 0.667. The number of nitrogens with zero attached hydrogens (tertiary/aromatic N) is 3. The van der Waals surface area contributed by atoms with Crippen molar-refractivity contribution in [2.24, 2.45) is 11.3 Å². The lowest BCUT2D eigenvalue weighted by atomic mass is 9.78. The lowest BCUT2D eigenvalue weighted by Crippen LogP contribution is -2.41. The molecule has 3 heterocycles. The monoisotopic (exact) mass is 306 g/mol. The summed E-state index contributed by atoms with van der Waals surface area (Å²) in [5, 5.41) is 6.52. The van der Waals surface area contributed by atoms with Gasteiger partial charge in [-0.2, -0.15) is 5.10 Å². The number of H-pyrrole nitrogens is 1. The predicted octanol–water partition coefficient (Wildman–Crippen LogP) is 0.367. The maximum Gasteiger partial charge on any atom is 0.271 e. The normalized spacial score (nSPS) is 28.1. The van der Waals surface area contributed by atoms with Crippen LogP contribution >= 0.6 is 0 Å². The van der Waals surface area contributed by atoms with Gasteiger partial charge >= 0.3 is 0 Å². The van der Waals surface area contributed by atoms with Gasteiger partial charge in [-0.05, 0) is 18.4 Å². The van der Waals surface area contributed by atoms with E-state index in [1.807, 2.05) is 4.90 Å². The van der Waals surface area contributed by atoms with Gasteiger partial charge in [-0.3, -0.25) is 14.7 Å². The topological polar surface area (TPSA) is 78.5 Å². The second-order valence-electron chi connectivity index (χ2n) is 6.25. The van der Waals surface area contributed by atoms with Crippen molar-refractivity contribution in [3.8, 4) is 0 Å². The molecule has 7 heteroatoms. The summed E-state index contributed by atoms with van der Waals surface area (Å²) in [5.41, 5.74) is 0.0506. The molecule has 0 bridgehead atoms. The van der Waals surface area contributed by atoms with Gasteiger partial charge in [0.1, 0.15) is 5.69 Å². The van der Waals surface area contributed by atoms with E-state index < -0.39 is 5.41 Å². The zero-order valence-electron chi connectivity index (χ0n) is 13.0. The lowest BCUT2D eigenvalue weighted by Gasteiger charge is -2.26. The second kappa shape index (κ2) is 5.72. The van der Waals surface area contributed by atoms with Crippen LogP contribution in [0.5, 0.6) is 0 Å². The molecule has 0 radical (unpaired) electrons. The van der Waals surface area contributed by atoms with Gasteiger partial charge in [-0.25, -0.2) is 0 Å². The molecule has 1 aromatic rings. The summed E-state index contributed by atoms with van der Waals surface area (Å²) < 4.78 is 5.07. The summed E-state index contributed by atoms with van der Waals surface area (Å²) in [7, 11) is 1.64. The average Bonchev–Trinajstić information content (AvgIpc) is 3.21. The molecule has 3 rings (SSSR count). The van der Waals surface area contributed by atoms with Gasteiger partial charge < -0.3 is 14.5 Å². The number of aromatic amines is 1. The molecular weight excluding hydrogens is 284 g/mol. The first-order valence-electron chi connectivity index (χ1n) is 7.65. The standard InChI is InChI=1S/C15H22N4O3/c1-11-9-19(13(20)12-3-5-16-17-12)10-15(11)4-6-18(14(15)21)7-8-22-2/h3,5,11H,4,6-10H2,1-2H3,(H,16,17)/t11-,15-/m1/s1. The molecule has 0 unspecified atom stereocenters. The summed E-state index contributed by atoms with van der Waals surface area (Å²) in [6, 6.07) is 1.67. The van der Waals surface area contributed by atoms with Crippen molar-refractivity contribution >= 4 is 11.8 Å². The summed E-state index contributed by atoms with van der Waals surface area (Å²) in [6.45, 7) is 5.10. The van der Waals surface area contributed by atoms with Gasteiger partial charge in [0.2, 0.25) is 5.91 Å². The molecular formula is C15H22N4O3. The van der Waals surface area contributed by atoms with E-state index in [-0.39, 0.29) is 17.7 Å². The fourth-order valence-electron chi connectivity index (χ4n) is 3.64. The zero-order chi connectivity index (χ0) is 15.7. The number of nitrogens with one attached hydrogen (secondary N) is 1. The molecule has 1 spiro atoms. The van der Waals surface area contributed by atoms with Crippen LogP contribution in [0.2, 0.25) is 0 Å². The summed E-state index contributed by atoms with van der Waals surface area (Å²) >= 11 is 0. The quantitative estimate of drug-likeness (QED) is 0.871. The Morgan fingerprint density at radius 3 is 3.09 bits per heavy atom. The molecule has 2 fully saturated rings. The number of carbonyl (C=O) groups excluding carboxylic acids is 2. The van der Waals surface area contributed by atoms with E-state index in [9.17, 15) is 9.59 Å². The molecule has 2 aliphatic rings. The first-order valence-corrected chi connectivity index (χ1v) is 7.65. The Morgan fingerprint density at radius 2 is 2.41 bits per heavy atom. The summed E-state index contributed by atoms with van der Waals surface area (Å²) in [5.74, 6) is 0.251. The maximum absolute atomic E-state index is 12.8. The number of aromatic nitrogens is 2. The third-order valence-corrected chi connectivity index (χ3v) is 5.04. The Kier molecular flexibility index (Phi) is 3.90. The van der Waals surface area contributed by atoms with Gasteiger partial charge in [0.15, 0.2) is 0 Å². The van der Waals surface area contributed by atoms with Crippen LogP contribution in [-0.4, -0.2) is 71.7 Å². The highest BCUT2D eigenvalue weighted by atomic mass is 16.5. The van der Waals surface area contributed by atoms with E-state index >= 15 is 0 Å². The van der Waals surface area contributed by atoms with Crippen LogP contribution in [-0.2, 0) is 9.53 Å². The Labute approximate surface area is 129 Å². The Balaban J connectivity index is 1.73. The van der Waals surface area contributed by atoms with Gasteiger partial charge in [0.05, 0.1) is 12.0 Å². The molecule has 22 heavy (non-hydrogen) atoms. The number of likely N-dealkylation sites (tertiary alicyclic amines) is 2. The van der Waals surface area contributed by atoms with Crippen molar-refractivity contribution < 1.29 is 14.3 Å². The van der Waals surface area contributed by atoms with Gasteiger partial charge in [0.25, 0.3) is 5.91 Å². The minimum absolute atomic E-state index is 0.0793. The van der Waals surface area contributed by atoms with Crippen LogP contribution in [0.1, 0.15) is 23.8 Å². The molecule has 2 aliphatic heterocycles. The minimum atomic E-state index is -0.427. The molecule has 2 saturated heterocycles. The summed E-state index contributed by atoms with van der Waals surface area (Å²) in [6.07, 6.45) is 2.37. The number of rotatable bonds is 4. The van der Waals surface area contributed by atoms with E-state index in [1.165, 1.54) is 0 Å². The summed E-state index contributed by atoms with van der Waals surface area (Å²) in [4.78, 5) is 28.9. The van der Waals surface area contributed by atoms with E-state index in [0.29, 0.717) is 31.9 Å². The highest BCUT2D eigenvalue weighted by Crippen LogP contribution is 2.44. The largest absolute Gasteiger partial charge is 0.383 e. The van der Waals surface area contributed by atoms with Crippen LogP contribution in [0.3, 0.4) is 0 Å². The van der Waals surface area contributed by atoms with E-state index in [4.69, 9.17) is 4.74 Å². The van der Waals surface area contributed by atoms with Crippen molar-refractivity contribution in [2.75, 3.05) is 39.9 Å². The molecule has 120 valence electrons. The number of hydrogen-bond acceptors (Lipinski definition) is 4. The van der Waals surface area contributed by atoms with Crippen LogP contribution in [0.4, 0.5) is 0 Å². The molecule has 7 nitrogen and oxygen atoms in total. The molecule has 1 N–H and O–H groups in total. The van der Waals surface area contributed by atoms with Crippen molar-refractivity contribution in [1.29, 1.82) is 0 Å². The van der Waals surface area contributed by atoms with Crippen molar-refractivity contribution in [3.05, 3.63) is 18.0 Å². The van der Waals surface area contributed by atoms with Crippen molar-refractivity contribution in [1.82, 2.24) is 20.0 Å². The second-order valence-corrected chi connectivity index (χ2v) is 6.25. The highest BCUT2D eigenvalue weighted by molar-refractivity contribution is 5.94. The van der Waals surface area contributed by atoms with Gasteiger partial charge in [-0.15, -0.1) is 0 Å². The van der Waals surface area contributed by atoms with Gasteiger partial charge in [0, 0.05) is 39.5 Å². The molecule has 2 atom stereocenters. The van der Waals surface area contributed by atoms with E-state index in [1.54, 1.807) is 24.3 Å². The minimum Gasteiger partial charge on any atom is -0.383 e. The first-order chi connectivity index (χ1) is 10.6. The van der Waals surface area contributed by atoms with Crippen LogP contribution in [0.15, 0.2) is 12.3 Å². The SMILES string of the molecule is COCCN1CC[C@]2(CN(C(=O)c3ccn[nH]3)C[C@H]2C)C1=O. The Bertz CT molecular complexity index is 559. The van der Waals surface area contributed by atoms with Crippen LogP contribution in [0.25, 0.3) is 0 Å². The lowest BCUT2D eigenvalue weighted by molar-refractivity contribution is -0.137. The smallest absolute Gasteiger partial charge is 0.271 e. The molecule has 1 aromatic heterocycles. The molecule has 0 saturated carbocycles. The maximum atomic E-state index is 12.8. The van der Waals surface area contributed by atoms with E-state index in [2.05, 4.69) is 17.1 Å². The number of amides is 2. The zero-order valence-corrected chi connectivity index (χ0v) is 13.0. The van der Waals surface area contributed by atoms with Crippen molar-refractivity contribution in [3.63, 3.8) is 0 Å². The molecule has 0 aliphatic carbocycles. The fourth-order valence-corrected chi connectivity index (χ4v) is 3.64. The number of methoxy groups -OCH3 is 1. The first kappa shape index (κ1) is 15.0. The van der Waals surface area contributed by atoms with E-state index in [0.717, 1.165) is 13.0 Å². The molecule has 0 aromatic carbocycles. The van der Waals surface area contributed by atoms with Crippen molar-refractivity contribution in [2.45, 2.75) is 13.3 Å². The van der Waals surface area contributed by atoms with Crippen LogP contribution < -0.4 is 0 Å².